The van der Waals surface area contributed by atoms with Gasteiger partial charge in [-0.1, -0.05) is 48.5 Å². The van der Waals surface area contributed by atoms with Crippen molar-refractivity contribution in [2.75, 3.05) is 19.6 Å². The molecule has 2 amide bonds. The standard InChI is InChI=1S/C23H27N3O2/c1-18(27)26(15-12-20-17-25-22-10-6-5-9-21(20)22)16-13-23(28)24-14-11-19-7-3-2-4-8-19/h2-10,17,25H,11-16H2,1H3,(H,24,28). The first-order chi connectivity index (χ1) is 13.6. The van der Waals surface area contributed by atoms with Crippen LogP contribution in [-0.4, -0.2) is 41.3 Å². The molecule has 5 nitrogen and oxygen atoms in total. The fourth-order valence-electron chi connectivity index (χ4n) is 3.34. The third-order valence-electron chi connectivity index (χ3n) is 4.96. The van der Waals surface area contributed by atoms with Crippen LogP contribution in [0, 0.1) is 0 Å². The molecule has 0 bridgehead atoms. The minimum Gasteiger partial charge on any atom is -0.361 e. The zero-order valence-corrected chi connectivity index (χ0v) is 16.3. The van der Waals surface area contributed by atoms with Crippen molar-refractivity contribution in [1.29, 1.82) is 0 Å². The number of carbonyl (C=O) groups excluding carboxylic acids is 2. The summed E-state index contributed by atoms with van der Waals surface area (Å²) in [7, 11) is 0. The molecule has 0 unspecified atom stereocenters. The first-order valence-corrected chi connectivity index (χ1v) is 9.74. The zero-order valence-electron chi connectivity index (χ0n) is 16.3. The number of amides is 2. The van der Waals surface area contributed by atoms with Crippen LogP contribution in [0.1, 0.15) is 24.5 Å². The second kappa shape index (κ2) is 9.74. The van der Waals surface area contributed by atoms with Crippen molar-refractivity contribution in [2.45, 2.75) is 26.2 Å². The molecule has 1 aromatic heterocycles. The molecule has 3 rings (SSSR count). The number of fused-ring (bicyclic) bond motifs is 1. The van der Waals surface area contributed by atoms with Gasteiger partial charge >= 0.3 is 0 Å². The molecular formula is C23H27N3O2. The number of aromatic amines is 1. The summed E-state index contributed by atoms with van der Waals surface area (Å²) in [4.78, 5) is 29.1. The Labute approximate surface area is 165 Å². The molecule has 1 heterocycles. The number of H-pyrrole nitrogens is 1. The Hall–Kier alpha value is -3.08. The second-order valence-electron chi connectivity index (χ2n) is 6.95. The van der Waals surface area contributed by atoms with Crippen LogP contribution in [0.5, 0.6) is 0 Å². The summed E-state index contributed by atoms with van der Waals surface area (Å²) < 4.78 is 0. The first kappa shape index (κ1) is 19.7. The van der Waals surface area contributed by atoms with E-state index in [9.17, 15) is 9.59 Å². The average Bonchev–Trinajstić information content (AvgIpc) is 3.12. The number of nitrogens with one attached hydrogen (secondary N) is 2. The lowest BCUT2D eigenvalue weighted by atomic mass is 10.1. The van der Waals surface area contributed by atoms with E-state index in [0.29, 0.717) is 26.1 Å². The number of carbonyl (C=O) groups is 2. The van der Waals surface area contributed by atoms with Crippen molar-refractivity contribution in [3.05, 3.63) is 71.9 Å². The number of benzene rings is 2. The highest BCUT2D eigenvalue weighted by Crippen LogP contribution is 2.18. The third kappa shape index (κ3) is 5.46. The Kier molecular flexibility index (Phi) is 6.84. The molecule has 0 aliphatic carbocycles. The lowest BCUT2D eigenvalue weighted by Crippen LogP contribution is -2.35. The maximum atomic E-state index is 12.1. The van der Waals surface area contributed by atoms with E-state index in [0.717, 1.165) is 18.4 Å². The Morgan fingerprint density at radius 2 is 1.71 bits per heavy atom. The highest BCUT2D eigenvalue weighted by atomic mass is 16.2. The molecule has 2 N–H and O–H groups in total. The van der Waals surface area contributed by atoms with E-state index in [1.165, 1.54) is 16.5 Å². The summed E-state index contributed by atoms with van der Waals surface area (Å²) in [6, 6.07) is 18.2. The highest BCUT2D eigenvalue weighted by Gasteiger charge is 2.12. The van der Waals surface area contributed by atoms with Gasteiger partial charge < -0.3 is 15.2 Å². The Balaban J connectivity index is 1.44. The molecule has 0 aliphatic heterocycles. The number of hydrogen-bond acceptors (Lipinski definition) is 2. The maximum Gasteiger partial charge on any atom is 0.221 e. The van der Waals surface area contributed by atoms with Crippen molar-refractivity contribution in [3.8, 4) is 0 Å². The van der Waals surface area contributed by atoms with Crippen molar-refractivity contribution in [1.82, 2.24) is 15.2 Å². The quantitative estimate of drug-likeness (QED) is 0.601. The van der Waals surface area contributed by atoms with Gasteiger partial charge in [-0.15, -0.1) is 0 Å². The molecule has 0 saturated carbocycles. The Morgan fingerprint density at radius 1 is 0.964 bits per heavy atom. The number of rotatable bonds is 9. The molecule has 2 aromatic carbocycles. The van der Waals surface area contributed by atoms with E-state index in [-0.39, 0.29) is 11.8 Å². The van der Waals surface area contributed by atoms with Gasteiger partial charge in [-0.25, -0.2) is 0 Å². The zero-order chi connectivity index (χ0) is 19.8. The average molecular weight is 377 g/mol. The van der Waals surface area contributed by atoms with Gasteiger partial charge in [0, 0.05) is 50.1 Å². The van der Waals surface area contributed by atoms with Crippen LogP contribution in [0.25, 0.3) is 10.9 Å². The number of nitrogens with zero attached hydrogens (tertiary/aromatic N) is 1. The van der Waals surface area contributed by atoms with Gasteiger partial charge in [0.2, 0.25) is 11.8 Å². The Bertz CT molecular complexity index is 918. The molecular weight excluding hydrogens is 350 g/mol. The summed E-state index contributed by atoms with van der Waals surface area (Å²) in [6.07, 6.45) is 3.89. The smallest absolute Gasteiger partial charge is 0.221 e. The Morgan fingerprint density at radius 3 is 2.50 bits per heavy atom. The number of aromatic nitrogens is 1. The maximum absolute atomic E-state index is 12.1. The number of hydrogen-bond donors (Lipinski definition) is 2. The van der Waals surface area contributed by atoms with E-state index in [4.69, 9.17) is 0 Å². The van der Waals surface area contributed by atoms with Crippen LogP contribution in [-0.2, 0) is 22.4 Å². The van der Waals surface area contributed by atoms with Crippen molar-refractivity contribution >= 4 is 22.7 Å². The van der Waals surface area contributed by atoms with Gasteiger partial charge in [-0.3, -0.25) is 9.59 Å². The summed E-state index contributed by atoms with van der Waals surface area (Å²) in [6.45, 7) is 3.21. The van der Waals surface area contributed by atoms with Crippen molar-refractivity contribution in [3.63, 3.8) is 0 Å². The fraction of sp³-hybridized carbons (Fsp3) is 0.304. The first-order valence-electron chi connectivity index (χ1n) is 9.74. The van der Waals surface area contributed by atoms with E-state index in [1.54, 1.807) is 11.8 Å². The molecule has 0 spiro atoms. The summed E-state index contributed by atoms with van der Waals surface area (Å²) in [5.41, 5.74) is 3.49. The monoisotopic (exact) mass is 377 g/mol. The van der Waals surface area contributed by atoms with Crippen LogP contribution in [0.3, 0.4) is 0 Å². The predicted molar refractivity (Wildman–Crippen MR) is 112 cm³/mol. The largest absolute Gasteiger partial charge is 0.361 e. The summed E-state index contributed by atoms with van der Waals surface area (Å²) in [5, 5.41) is 4.12. The summed E-state index contributed by atoms with van der Waals surface area (Å²) in [5.74, 6) is -0.0220. The van der Waals surface area contributed by atoms with E-state index in [2.05, 4.69) is 16.4 Å². The molecule has 28 heavy (non-hydrogen) atoms. The molecule has 0 aliphatic rings. The molecule has 0 atom stereocenters. The van der Waals surface area contributed by atoms with E-state index < -0.39 is 0 Å². The van der Waals surface area contributed by atoms with E-state index in [1.807, 2.05) is 54.7 Å². The summed E-state index contributed by atoms with van der Waals surface area (Å²) >= 11 is 0. The van der Waals surface area contributed by atoms with Gasteiger partial charge in [-0.05, 0) is 30.0 Å². The van der Waals surface area contributed by atoms with Crippen LogP contribution in [0.4, 0.5) is 0 Å². The van der Waals surface area contributed by atoms with Gasteiger partial charge in [-0.2, -0.15) is 0 Å². The van der Waals surface area contributed by atoms with E-state index >= 15 is 0 Å². The van der Waals surface area contributed by atoms with Crippen molar-refractivity contribution < 1.29 is 9.59 Å². The molecule has 3 aromatic rings. The van der Waals surface area contributed by atoms with Crippen LogP contribution >= 0.6 is 0 Å². The van der Waals surface area contributed by atoms with Crippen LogP contribution < -0.4 is 5.32 Å². The molecule has 5 heteroatoms. The second-order valence-corrected chi connectivity index (χ2v) is 6.95. The van der Waals surface area contributed by atoms with Gasteiger partial charge in [0.25, 0.3) is 0 Å². The van der Waals surface area contributed by atoms with Gasteiger partial charge in [0.15, 0.2) is 0 Å². The van der Waals surface area contributed by atoms with Crippen LogP contribution in [0.15, 0.2) is 60.8 Å². The van der Waals surface area contributed by atoms with Crippen LogP contribution in [0.2, 0.25) is 0 Å². The van der Waals surface area contributed by atoms with Crippen molar-refractivity contribution in [2.24, 2.45) is 0 Å². The minimum absolute atomic E-state index is 0.00285. The SMILES string of the molecule is CC(=O)N(CCC(=O)NCCc1ccccc1)CCc1c[nH]c2ccccc12. The minimum atomic E-state index is -0.0192. The molecule has 0 radical (unpaired) electrons. The topological polar surface area (TPSA) is 65.2 Å². The third-order valence-corrected chi connectivity index (χ3v) is 4.96. The highest BCUT2D eigenvalue weighted by molar-refractivity contribution is 5.83. The van der Waals surface area contributed by atoms with Gasteiger partial charge in [0.05, 0.1) is 0 Å². The van der Waals surface area contributed by atoms with Gasteiger partial charge in [0.1, 0.15) is 0 Å². The molecule has 146 valence electrons. The predicted octanol–water partition coefficient (Wildman–Crippen LogP) is 3.31. The fourth-order valence-corrected chi connectivity index (χ4v) is 3.34. The molecule has 0 saturated heterocycles. The lowest BCUT2D eigenvalue weighted by molar-refractivity contribution is -0.129. The number of para-hydroxylation sites is 1. The molecule has 0 fully saturated rings. The normalized spacial score (nSPS) is 10.8. The lowest BCUT2D eigenvalue weighted by Gasteiger charge is -2.20.